The number of hydrogen-bond acceptors (Lipinski definition) is 8. The highest BCUT2D eigenvalue weighted by Crippen LogP contribution is 2.13. The Hall–Kier alpha value is -2.23. The third kappa shape index (κ3) is 39.8. The summed E-state index contributed by atoms with van der Waals surface area (Å²) in [5.74, 6) is -2.30. The lowest BCUT2D eigenvalue weighted by atomic mass is 10.1. The van der Waals surface area contributed by atoms with Crippen LogP contribution in [0, 0.1) is 0 Å². The molecule has 322 valence electrons. The van der Waals surface area contributed by atoms with Gasteiger partial charge in [-0.3, -0.25) is 9.59 Å². The first-order chi connectivity index (χ1) is 26.6. The molecule has 0 fully saturated rings. The molecule has 9 heteroatoms. The van der Waals surface area contributed by atoms with Crippen LogP contribution < -0.4 is 5.11 Å². The third-order valence-electron chi connectivity index (χ3n) is 9.67. The van der Waals surface area contributed by atoms with Crippen LogP contribution in [0.5, 0.6) is 0 Å². The molecule has 0 heterocycles. The highest BCUT2D eigenvalue weighted by Gasteiger charge is 2.21. The summed E-state index contributed by atoms with van der Waals surface area (Å²) in [6.45, 7) is 4.71. The van der Waals surface area contributed by atoms with E-state index in [9.17, 15) is 19.5 Å². The zero-order chi connectivity index (χ0) is 40.7. The first kappa shape index (κ1) is 52.8. The lowest BCUT2D eigenvalue weighted by Crippen LogP contribution is -2.44. The number of rotatable bonds is 41. The average molecular weight is 780 g/mol. The van der Waals surface area contributed by atoms with Crippen molar-refractivity contribution in [2.75, 3.05) is 47.5 Å². The fourth-order valence-corrected chi connectivity index (χ4v) is 6.11. The van der Waals surface area contributed by atoms with Crippen LogP contribution in [0.4, 0.5) is 0 Å². The predicted octanol–water partition coefficient (Wildman–Crippen LogP) is 10.3. The molecule has 0 amide bonds. The highest BCUT2D eigenvalue weighted by molar-refractivity contribution is 5.70. The lowest BCUT2D eigenvalue weighted by Gasteiger charge is -2.26. The molecule has 55 heavy (non-hydrogen) atoms. The van der Waals surface area contributed by atoms with Gasteiger partial charge in [-0.05, 0) is 64.2 Å². The molecule has 0 radical (unpaired) electrons. The van der Waals surface area contributed by atoms with Crippen LogP contribution in [-0.4, -0.2) is 82.3 Å². The van der Waals surface area contributed by atoms with E-state index in [2.05, 4.69) is 38.2 Å². The molecule has 0 aromatic heterocycles. The van der Waals surface area contributed by atoms with Gasteiger partial charge in [0.25, 0.3) is 0 Å². The first-order valence-corrected chi connectivity index (χ1v) is 22.5. The molecular formula is C46H85NO8. The summed E-state index contributed by atoms with van der Waals surface area (Å²) >= 11 is 0. The molecular weight excluding hydrogens is 695 g/mol. The molecule has 0 aromatic rings. The van der Waals surface area contributed by atoms with Gasteiger partial charge in [0.05, 0.1) is 40.3 Å². The number of aliphatic carboxylic acids is 1. The van der Waals surface area contributed by atoms with Gasteiger partial charge in [0.15, 0.2) is 12.4 Å². The number of quaternary nitrogens is 1. The number of carboxylic acids is 1. The van der Waals surface area contributed by atoms with Crippen molar-refractivity contribution in [1.82, 2.24) is 0 Å². The minimum absolute atomic E-state index is 0.146. The maximum absolute atomic E-state index is 12.7. The standard InChI is InChI=1S/C46H85NO8/c1-6-8-10-12-14-16-18-20-22-23-25-27-29-31-33-35-37-44(49)55-42(41-54-46(45(50)51)52-39-38-47(3,4)5)40-53-43(48)36-34-32-30-28-26-24-21-19-17-15-13-11-9-7-2/h19,21-23,42,46H,6-18,20,24-41H2,1-5H3/b21-19-,23-22-. The Morgan fingerprint density at radius 3 is 1.35 bits per heavy atom. The van der Waals surface area contributed by atoms with Crippen molar-refractivity contribution >= 4 is 17.9 Å². The van der Waals surface area contributed by atoms with E-state index in [1.165, 1.54) is 89.9 Å². The number of likely N-dealkylation sites (N-methyl/N-ethyl adjacent to an activating group) is 1. The molecule has 0 N–H and O–H groups in total. The summed E-state index contributed by atoms with van der Waals surface area (Å²) in [5.41, 5.74) is 0. The first-order valence-electron chi connectivity index (χ1n) is 22.5. The van der Waals surface area contributed by atoms with E-state index >= 15 is 0 Å². The van der Waals surface area contributed by atoms with Crippen molar-refractivity contribution in [3.8, 4) is 0 Å². The van der Waals surface area contributed by atoms with Crippen LogP contribution in [-0.2, 0) is 33.3 Å². The van der Waals surface area contributed by atoms with E-state index in [-0.39, 0.29) is 38.6 Å². The van der Waals surface area contributed by atoms with Crippen molar-refractivity contribution in [3.05, 3.63) is 24.3 Å². The number of carboxylic acid groups (broad SMARTS) is 1. The number of hydrogen-bond donors (Lipinski definition) is 0. The van der Waals surface area contributed by atoms with Crippen LogP contribution in [0.25, 0.3) is 0 Å². The highest BCUT2D eigenvalue weighted by atomic mass is 16.7. The molecule has 0 aliphatic rings. The van der Waals surface area contributed by atoms with Gasteiger partial charge in [-0.25, -0.2) is 0 Å². The fourth-order valence-electron chi connectivity index (χ4n) is 6.11. The number of nitrogens with zero attached hydrogens (tertiary/aromatic N) is 1. The molecule has 2 atom stereocenters. The zero-order valence-electron chi connectivity index (χ0n) is 36.3. The van der Waals surface area contributed by atoms with Gasteiger partial charge >= 0.3 is 11.9 Å². The maximum atomic E-state index is 12.7. The number of esters is 2. The molecule has 0 aliphatic carbocycles. The van der Waals surface area contributed by atoms with Crippen LogP contribution >= 0.6 is 0 Å². The number of carbonyl (C=O) groups excluding carboxylic acids is 3. The molecule has 0 spiro atoms. The van der Waals surface area contributed by atoms with Gasteiger partial charge in [0, 0.05) is 12.8 Å². The third-order valence-corrected chi connectivity index (χ3v) is 9.67. The zero-order valence-corrected chi connectivity index (χ0v) is 36.3. The van der Waals surface area contributed by atoms with Gasteiger partial charge in [-0.1, -0.05) is 141 Å². The van der Waals surface area contributed by atoms with Crippen LogP contribution in [0.3, 0.4) is 0 Å². The number of allylic oxidation sites excluding steroid dienone is 4. The van der Waals surface area contributed by atoms with Crippen molar-refractivity contribution < 1.29 is 42.9 Å². The SMILES string of the molecule is CCCCCCC/C=C\CCCCCCCC(=O)OCC(COC(OCC[N+](C)(C)C)C(=O)[O-])OC(=O)CCCCCCC/C=C\CCCCCCCCC. The Labute approximate surface area is 337 Å². The lowest BCUT2D eigenvalue weighted by molar-refractivity contribution is -0.870. The van der Waals surface area contributed by atoms with Gasteiger partial charge in [0.1, 0.15) is 13.2 Å². The molecule has 0 rings (SSSR count). The molecule has 0 aromatic carbocycles. The number of unbranched alkanes of at least 4 members (excludes halogenated alkanes) is 22. The van der Waals surface area contributed by atoms with E-state index in [1.807, 2.05) is 21.1 Å². The fraction of sp³-hybridized carbons (Fsp3) is 0.848. The van der Waals surface area contributed by atoms with E-state index in [4.69, 9.17) is 18.9 Å². The monoisotopic (exact) mass is 780 g/mol. The normalized spacial score (nSPS) is 13.1. The Morgan fingerprint density at radius 1 is 0.527 bits per heavy atom. The summed E-state index contributed by atoms with van der Waals surface area (Å²) in [6, 6.07) is 0. The Morgan fingerprint density at radius 2 is 0.927 bits per heavy atom. The van der Waals surface area contributed by atoms with Crippen LogP contribution in [0.1, 0.15) is 194 Å². The molecule has 0 saturated carbocycles. The smallest absolute Gasteiger partial charge is 0.306 e. The van der Waals surface area contributed by atoms with Crippen LogP contribution in [0.15, 0.2) is 24.3 Å². The second-order valence-corrected chi connectivity index (χ2v) is 16.3. The average Bonchev–Trinajstić information content (AvgIpc) is 3.14. The Bertz CT molecular complexity index is 960. The van der Waals surface area contributed by atoms with E-state index in [1.54, 1.807) is 0 Å². The summed E-state index contributed by atoms with van der Waals surface area (Å²) in [6.07, 6.45) is 37.7. The second-order valence-electron chi connectivity index (χ2n) is 16.3. The quantitative estimate of drug-likeness (QED) is 0.0198. The summed E-state index contributed by atoms with van der Waals surface area (Å²) < 4.78 is 22.5. The number of carbonyl (C=O) groups is 3. The van der Waals surface area contributed by atoms with Gasteiger partial charge < -0.3 is 33.3 Å². The Balaban J connectivity index is 4.46. The second kappa shape index (κ2) is 38.6. The van der Waals surface area contributed by atoms with Crippen molar-refractivity contribution in [1.29, 1.82) is 0 Å². The van der Waals surface area contributed by atoms with E-state index in [0.29, 0.717) is 17.4 Å². The van der Waals surface area contributed by atoms with Crippen molar-refractivity contribution in [2.45, 2.75) is 206 Å². The van der Waals surface area contributed by atoms with Gasteiger partial charge in [0.2, 0.25) is 0 Å². The summed E-state index contributed by atoms with van der Waals surface area (Å²) in [7, 11) is 5.90. The summed E-state index contributed by atoms with van der Waals surface area (Å²) in [5, 5.41) is 11.7. The van der Waals surface area contributed by atoms with Crippen molar-refractivity contribution in [3.63, 3.8) is 0 Å². The largest absolute Gasteiger partial charge is 0.545 e. The molecule has 0 aliphatic heterocycles. The Kier molecular flexibility index (Phi) is 37.1. The maximum Gasteiger partial charge on any atom is 0.306 e. The minimum Gasteiger partial charge on any atom is -0.545 e. The molecule has 0 bridgehead atoms. The molecule has 2 unspecified atom stereocenters. The van der Waals surface area contributed by atoms with E-state index in [0.717, 1.165) is 70.6 Å². The van der Waals surface area contributed by atoms with Crippen LogP contribution in [0.2, 0.25) is 0 Å². The van der Waals surface area contributed by atoms with Gasteiger partial charge in [-0.2, -0.15) is 0 Å². The van der Waals surface area contributed by atoms with E-state index < -0.39 is 24.3 Å². The topological polar surface area (TPSA) is 111 Å². The van der Waals surface area contributed by atoms with Gasteiger partial charge in [-0.15, -0.1) is 0 Å². The molecule has 0 saturated heterocycles. The summed E-state index contributed by atoms with van der Waals surface area (Å²) in [4.78, 5) is 36.9. The number of ether oxygens (including phenoxy) is 4. The minimum atomic E-state index is -1.62. The van der Waals surface area contributed by atoms with Crippen molar-refractivity contribution in [2.24, 2.45) is 0 Å². The predicted molar refractivity (Wildman–Crippen MR) is 223 cm³/mol. The molecule has 9 nitrogen and oxygen atoms in total.